The predicted octanol–water partition coefficient (Wildman–Crippen LogP) is 2.00. The zero-order valence-electron chi connectivity index (χ0n) is 11.3. The molecule has 6 heteroatoms. The molecule has 1 aromatic rings. The van der Waals surface area contributed by atoms with Gasteiger partial charge in [-0.1, -0.05) is 11.6 Å². The quantitative estimate of drug-likeness (QED) is 0.574. The molecule has 0 bridgehead atoms. The molecule has 110 valence electrons. The van der Waals surface area contributed by atoms with Gasteiger partial charge in [-0.2, -0.15) is 0 Å². The molecule has 0 aliphatic carbocycles. The summed E-state index contributed by atoms with van der Waals surface area (Å²) in [7, 11) is 0. The molecule has 1 atom stereocenters. The van der Waals surface area contributed by atoms with Crippen molar-refractivity contribution in [3.63, 3.8) is 0 Å². The largest absolute Gasteiger partial charge is 0.396 e. The summed E-state index contributed by atoms with van der Waals surface area (Å²) in [6, 6.07) is 5.23. The third-order valence-electron chi connectivity index (χ3n) is 3.70. The number of halogens is 1. The van der Waals surface area contributed by atoms with Crippen LogP contribution in [0.1, 0.15) is 36.0 Å². The summed E-state index contributed by atoms with van der Waals surface area (Å²) >= 11 is 5.97. The van der Waals surface area contributed by atoms with E-state index in [4.69, 9.17) is 22.6 Å². The van der Waals surface area contributed by atoms with Gasteiger partial charge in [-0.15, -0.1) is 0 Å². The second-order valence-corrected chi connectivity index (χ2v) is 5.43. The van der Waals surface area contributed by atoms with Gasteiger partial charge in [-0.3, -0.25) is 10.6 Å². The van der Waals surface area contributed by atoms with Crippen LogP contribution in [0, 0.1) is 0 Å². The van der Waals surface area contributed by atoms with E-state index < -0.39 is 0 Å². The van der Waals surface area contributed by atoms with Gasteiger partial charge in [-0.25, -0.2) is 0 Å². The Morgan fingerprint density at radius 2 is 2.35 bits per heavy atom. The maximum absolute atomic E-state index is 12.7. The van der Waals surface area contributed by atoms with Crippen LogP contribution in [-0.2, 0) is 0 Å². The average molecular weight is 298 g/mol. The molecule has 0 spiro atoms. The number of carbonyl (C=O) groups is 1. The number of aliphatic hydroxyl groups is 1. The molecule has 0 radical (unpaired) electrons. The van der Waals surface area contributed by atoms with Gasteiger partial charge in [0.05, 0.1) is 11.3 Å². The number of rotatable bonds is 5. The van der Waals surface area contributed by atoms with Crippen molar-refractivity contribution in [3.05, 3.63) is 28.8 Å². The lowest BCUT2D eigenvalue weighted by molar-refractivity contribution is 0.0725. The number of nitrogens with one attached hydrogen (secondary N) is 1. The lowest BCUT2D eigenvalue weighted by Gasteiger charge is -2.25. The second-order valence-electron chi connectivity index (χ2n) is 4.99. The van der Waals surface area contributed by atoms with Crippen LogP contribution in [0.4, 0.5) is 5.69 Å². The minimum absolute atomic E-state index is 0.0547. The molecule has 4 N–H and O–H groups in total. The summed E-state index contributed by atoms with van der Waals surface area (Å²) in [6.07, 6.45) is 3.52. The van der Waals surface area contributed by atoms with Crippen LogP contribution in [0.15, 0.2) is 18.2 Å². The van der Waals surface area contributed by atoms with E-state index in [9.17, 15) is 4.79 Å². The van der Waals surface area contributed by atoms with E-state index in [0.29, 0.717) is 22.7 Å². The number of likely N-dealkylation sites (tertiary alicyclic amines) is 1. The highest BCUT2D eigenvalue weighted by Gasteiger charge is 2.30. The maximum atomic E-state index is 12.7. The molecule has 1 unspecified atom stereocenters. The molecule has 0 aromatic heterocycles. The number of hydrogen-bond donors (Lipinski definition) is 3. The van der Waals surface area contributed by atoms with Crippen LogP contribution in [-0.4, -0.2) is 35.1 Å². The first-order chi connectivity index (χ1) is 9.67. The molecule has 1 saturated heterocycles. The van der Waals surface area contributed by atoms with Crippen LogP contribution < -0.4 is 11.3 Å². The Balaban J connectivity index is 2.19. The van der Waals surface area contributed by atoms with Gasteiger partial charge in [0.1, 0.15) is 0 Å². The van der Waals surface area contributed by atoms with Crippen molar-refractivity contribution in [2.24, 2.45) is 5.84 Å². The number of carbonyl (C=O) groups excluding carboxylic acids is 1. The topological polar surface area (TPSA) is 78.6 Å². The molecule has 20 heavy (non-hydrogen) atoms. The predicted molar refractivity (Wildman–Crippen MR) is 79.6 cm³/mol. The number of nitrogen functional groups attached to an aromatic ring is 1. The molecule has 1 amide bonds. The molecule has 5 nitrogen and oxygen atoms in total. The van der Waals surface area contributed by atoms with Gasteiger partial charge in [-0.05, 0) is 43.9 Å². The van der Waals surface area contributed by atoms with Crippen molar-refractivity contribution in [1.82, 2.24) is 4.90 Å². The van der Waals surface area contributed by atoms with E-state index in [2.05, 4.69) is 5.43 Å². The number of anilines is 1. The van der Waals surface area contributed by atoms with Gasteiger partial charge in [0.2, 0.25) is 0 Å². The summed E-state index contributed by atoms with van der Waals surface area (Å²) in [5, 5.41) is 9.45. The number of amides is 1. The van der Waals surface area contributed by atoms with Gasteiger partial charge in [0, 0.05) is 24.2 Å². The molecular weight excluding hydrogens is 278 g/mol. The number of nitrogens with zero attached hydrogens (tertiary/aromatic N) is 1. The Hall–Kier alpha value is -1.30. The van der Waals surface area contributed by atoms with Crippen LogP contribution in [0.5, 0.6) is 0 Å². The maximum Gasteiger partial charge on any atom is 0.256 e. The monoisotopic (exact) mass is 297 g/mol. The third kappa shape index (κ3) is 3.23. The van der Waals surface area contributed by atoms with E-state index in [1.165, 1.54) is 0 Å². The second kappa shape index (κ2) is 6.92. The fraction of sp³-hybridized carbons (Fsp3) is 0.500. The molecule has 0 saturated carbocycles. The minimum Gasteiger partial charge on any atom is -0.396 e. The lowest BCUT2D eigenvalue weighted by Crippen LogP contribution is -2.36. The van der Waals surface area contributed by atoms with Crippen molar-refractivity contribution < 1.29 is 9.90 Å². The Bertz CT molecular complexity index is 481. The van der Waals surface area contributed by atoms with Crippen molar-refractivity contribution in [3.8, 4) is 0 Å². The van der Waals surface area contributed by atoms with Crippen LogP contribution >= 0.6 is 11.6 Å². The molecule has 1 fully saturated rings. The van der Waals surface area contributed by atoms with Crippen molar-refractivity contribution in [2.45, 2.75) is 31.7 Å². The fourth-order valence-corrected chi connectivity index (χ4v) is 2.88. The van der Waals surface area contributed by atoms with E-state index >= 15 is 0 Å². The highest BCUT2D eigenvalue weighted by atomic mass is 35.5. The first kappa shape index (κ1) is 15.1. The first-order valence-electron chi connectivity index (χ1n) is 6.85. The zero-order valence-corrected chi connectivity index (χ0v) is 12.1. The van der Waals surface area contributed by atoms with Gasteiger partial charge in [0.25, 0.3) is 5.91 Å². The number of nitrogens with two attached hydrogens (primary N) is 1. The van der Waals surface area contributed by atoms with Gasteiger partial charge < -0.3 is 15.4 Å². The minimum atomic E-state index is -0.0547. The van der Waals surface area contributed by atoms with E-state index in [-0.39, 0.29) is 18.6 Å². The third-order valence-corrected chi connectivity index (χ3v) is 3.94. The van der Waals surface area contributed by atoms with E-state index in [1.54, 1.807) is 18.2 Å². The molecule has 1 aliphatic rings. The first-order valence-corrected chi connectivity index (χ1v) is 7.23. The molecule has 1 aromatic carbocycles. The highest BCUT2D eigenvalue weighted by molar-refractivity contribution is 6.31. The smallest absolute Gasteiger partial charge is 0.256 e. The summed E-state index contributed by atoms with van der Waals surface area (Å²) in [6.45, 7) is 0.900. The van der Waals surface area contributed by atoms with Crippen molar-refractivity contribution in [2.75, 3.05) is 18.6 Å². The average Bonchev–Trinajstić information content (AvgIpc) is 2.92. The summed E-state index contributed by atoms with van der Waals surface area (Å²) < 4.78 is 0. The zero-order chi connectivity index (χ0) is 14.5. The van der Waals surface area contributed by atoms with Crippen LogP contribution in [0.2, 0.25) is 5.02 Å². The Morgan fingerprint density at radius 1 is 1.55 bits per heavy atom. The molecule has 2 rings (SSSR count). The van der Waals surface area contributed by atoms with Crippen molar-refractivity contribution >= 4 is 23.2 Å². The normalized spacial score (nSPS) is 18.4. The van der Waals surface area contributed by atoms with Crippen LogP contribution in [0.25, 0.3) is 0 Å². The molecule has 1 heterocycles. The number of aliphatic hydroxyl groups excluding tert-OH is 1. The van der Waals surface area contributed by atoms with Crippen molar-refractivity contribution in [1.29, 1.82) is 0 Å². The van der Waals surface area contributed by atoms with Crippen LogP contribution in [0.3, 0.4) is 0 Å². The van der Waals surface area contributed by atoms with E-state index in [1.807, 2.05) is 4.90 Å². The summed E-state index contributed by atoms with van der Waals surface area (Å²) in [5.74, 6) is 5.40. The Morgan fingerprint density at radius 3 is 3.05 bits per heavy atom. The number of benzene rings is 1. The highest BCUT2D eigenvalue weighted by Crippen LogP contribution is 2.27. The standard InChI is InChI=1S/C14H20ClN3O2/c15-10-5-6-13(17-16)12(9-10)14(20)18-7-1-3-11(18)4-2-8-19/h5-6,9,11,17,19H,1-4,7-8,16H2. The fourth-order valence-electron chi connectivity index (χ4n) is 2.70. The SMILES string of the molecule is NNc1ccc(Cl)cc1C(=O)N1CCCC1CCCO. The Kier molecular flexibility index (Phi) is 5.23. The molecule has 1 aliphatic heterocycles. The summed E-state index contributed by atoms with van der Waals surface area (Å²) in [4.78, 5) is 14.5. The molecular formula is C14H20ClN3O2. The summed E-state index contributed by atoms with van der Waals surface area (Å²) in [5.41, 5.74) is 3.61. The van der Waals surface area contributed by atoms with Gasteiger partial charge >= 0.3 is 0 Å². The van der Waals surface area contributed by atoms with E-state index in [0.717, 1.165) is 25.8 Å². The van der Waals surface area contributed by atoms with Gasteiger partial charge in [0.15, 0.2) is 0 Å². The number of hydrogen-bond acceptors (Lipinski definition) is 4. The lowest BCUT2D eigenvalue weighted by atomic mass is 10.1. The Labute approximate surface area is 123 Å². The number of hydrazine groups is 1.